The van der Waals surface area contributed by atoms with Gasteiger partial charge in [0.1, 0.15) is 5.82 Å². The maximum absolute atomic E-state index is 4.75. The molecule has 2 aromatic carbocycles. The number of hydrogen-bond acceptors (Lipinski definition) is 6. The number of hydrogen-bond donors (Lipinski definition) is 2. The van der Waals surface area contributed by atoms with Crippen molar-refractivity contribution in [1.29, 1.82) is 0 Å². The minimum atomic E-state index is 0.618. The number of fused-ring (bicyclic) bond motifs is 1. The number of aromatic nitrogens is 3. The highest BCUT2D eigenvalue weighted by atomic mass is 32.1. The van der Waals surface area contributed by atoms with Crippen molar-refractivity contribution in [2.45, 2.75) is 6.54 Å². The summed E-state index contributed by atoms with van der Waals surface area (Å²) >= 11 is 1.59. The highest BCUT2D eigenvalue weighted by Crippen LogP contribution is 2.25. The first-order valence-electron chi connectivity index (χ1n) is 8.02. The van der Waals surface area contributed by atoms with E-state index in [0.717, 1.165) is 38.9 Å². The molecule has 0 radical (unpaired) electrons. The lowest BCUT2D eigenvalue weighted by molar-refractivity contribution is 1.05. The Kier molecular flexibility index (Phi) is 4.26. The normalized spacial score (nSPS) is 10.8. The van der Waals surface area contributed by atoms with Gasteiger partial charge in [-0.25, -0.2) is 15.0 Å². The molecule has 0 fully saturated rings. The number of benzene rings is 2. The Morgan fingerprint density at radius 2 is 1.72 bits per heavy atom. The summed E-state index contributed by atoms with van der Waals surface area (Å²) in [6.07, 6.45) is 0. The molecule has 2 N–H and O–H groups in total. The fourth-order valence-corrected chi connectivity index (χ4v) is 3.28. The third-order valence-corrected chi connectivity index (χ3v) is 4.75. The Labute approximate surface area is 149 Å². The second-order valence-corrected chi connectivity index (χ2v) is 6.38. The van der Waals surface area contributed by atoms with Crippen LogP contribution in [0.5, 0.6) is 0 Å². The van der Waals surface area contributed by atoms with Crippen molar-refractivity contribution < 1.29 is 0 Å². The van der Waals surface area contributed by atoms with Crippen LogP contribution in [0.15, 0.2) is 60.0 Å². The molecule has 0 saturated carbocycles. The number of nitrogens with zero attached hydrogens (tertiary/aromatic N) is 3. The standard InChI is InChI=1S/C19H17N5S/c1-20-19-22-14(12-25-19)11-21-18-15-9-5-6-10-16(15)23-17(24-18)13-7-3-2-4-8-13/h2-10,12H,11H2,1H3,(H,20,22)(H,21,23,24). The number of anilines is 2. The molecule has 2 heterocycles. The first kappa shape index (κ1) is 15.5. The summed E-state index contributed by atoms with van der Waals surface area (Å²) in [4.78, 5) is 14.0. The first-order chi connectivity index (χ1) is 12.3. The highest BCUT2D eigenvalue weighted by molar-refractivity contribution is 7.13. The molecule has 0 saturated heterocycles. The number of thiazole rings is 1. The van der Waals surface area contributed by atoms with Gasteiger partial charge in [0.2, 0.25) is 0 Å². The van der Waals surface area contributed by atoms with E-state index < -0.39 is 0 Å². The molecule has 4 rings (SSSR count). The van der Waals surface area contributed by atoms with Crippen LogP contribution < -0.4 is 10.6 Å². The molecule has 0 aliphatic rings. The van der Waals surface area contributed by atoms with Crippen LogP contribution in [0.3, 0.4) is 0 Å². The van der Waals surface area contributed by atoms with Gasteiger partial charge in [-0.1, -0.05) is 42.5 Å². The predicted molar refractivity (Wildman–Crippen MR) is 104 cm³/mol. The monoisotopic (exact) mass is 347 g/mol. The van der Waals surface area contributed by atoms with Crippen LogP contribution in [-0.2, 0) is 6.54 Å². The van der Waals surface area contributed by atoms with Gasteiger partial charge >= 0.3 is 0 Å². The van der Waals surface area contributed by atoms with E-state index in [1.54, 1.807) is 11.3 Å². The van der Waals surface area contributed by atoms with E-state index in [1.165, 1.54) is 0 Å². The van der Waals surface area contributed by atoms with E-state index in [1.807, 2.05) is 67.0 Å². The Morgan fingerprint density at radius 3 is 2.52 bits per heavy atom. The smallest absolute Gasteiger partial charge is 0.182 e. The molecule has 2 aromatic heterocycles. The number of nitrogens with one attached hydrogen (secondary N) is 2. The molecule has 0 aliphatic carbocycles. The second-order valence-electron chi connectivity index (χ2n) is 5.53. The first-order valence-corrected chi connectivity index (χ1v) is 8.89. The molecule has 0 atom stereocenters. The lowest BCUT2D eigenvalue weighted by atomic mass is 10.2. The van der Waals surface area contributed by atoms with E-state index in [2.05, 4.69) is 15.6 Å². The molecule has 5 nitrogen and oxygen atoms in total. The minimum Gasteiger partial charge on any atom is -0.365 e. The number of para-hydroxylation sites is 1. The maximum atomic E-state index is 4.75. The Hall–Kier alpha value is -2.99. The summed E-state index contributed by atoms with van der Waals surface area (Å²) in [7, 11) is 1.88. The Bertz CT molecular complexity index is 997. The molecule has 25 heavy (non-hydrogen) atoms. The van der Waals surface area contributed by atoms with Crippen LogP contribution >= 0.6 is 11.3 Å². The summed E-state index contributed by atoms with van der Waals surface area (Å²) in [5, 5.41) is 10.4. The highest BCUT2D eigenvalue weighted by Gasteiger charge is 2.09. The third-order valence-electron chi connectivity index (χ3n) is 3.84. The summed E-state index contributed by atoms with van der Waals surface area (Å²) < 4.78 is 0. The van der Waals surface area contributed by atoms with E-state index in [0.29, 0.717) is 6.54 Å². The molecule has 124 valence electrons. The Balaban J connectivity index is 1.71. The molecule has 4 aromatic rings. The average Bonchev–Trinajstić information content (AvgIpc) is 3.15. The zero-order chi connectivity index (χ0) is 17.1. The fourth-order valence-electron chi connectivity index (χ4n) is 2.60. The lowest BCUT2D eigenvalue weighted by Crippen LogP contribution is -2.04. The van der Waals surface area contributed by atoms with Gasteiger partial charge in [-0.15, -0.1) is 11.3 Å². The van der Waals surface area contributed by atoms with Gasteiger partial charge in [-0.2, -0.15) is 0 Å². The van der Waals surface area contributed by atoms with Crippen molar-refractivity contribution in [2.24, 2.45) is 0 Å². The number of rotatable bonds is 5. The molecular formula is C19H17N5S. The zero-order valence-electron chi connectivity index (χ0n) is 13.7. The second kappa shape index (κ2) is 6.86. The summed E-state index contributed by atoms with van der Waals surface area (Å²) in [6.45, 7) is 0.618. The Morgan fingerprint density at radius 1 is 0.920 bits per heavy atom. The van der Waals surface area contributed by atoms with Crippen molar-refractivity contribution in [3.63, 3.8) is 0 Å². The molecular weight excluding hydrogens is 330 g/mol. The maximum Gasteiger partial charge on any atom is 0.182 e. The predicted octanol–water partition coefficient (Wildman–Crippen LogP) is 4.41. The van der Waals surface area contributed by atoms with Crippen molar-refractivity contribution in [3.05, 3.63) is 65.7 Å². The van der Waals surface area contributed by atoms with Gasteiger partial charge in [0, 0.05) is 23.4 Å². The molecule has 0 amide bonds. The van der Waals surface area contributed by atoms with Crippen molar-refractivity contribution in [3.8, 4) is 11.4 Å². The van der Waals surface area contributed by atoms with E-state index in [4.69, 9.17) is 9.97 Å². The fraction of sp³-hybridized carbons (Fsp3) is 0.105. The van der Waals surface area contributed by atoms with Crippen LogP contribution in [0.1, 0.15) is 5.69 Å². The average molecular weight is 347 g/mol. The van der Waals surface area contributed by atoms with Crippen molar-refractivity contribution in [1.82, 2.24) is 15.0 Å². The van der Waals surface area contributed by atoms with Gasteiger partial charge < -0.3 is 10.6 Å². The van der Waals surface area contributed by atoms with E-state index >= 15 is 0 Å². The quantitative estimate of drug-likeness (QED) is 0.560. The van der Waals surface area contributed by atoms with Gasteiger partial charge in [0.05, 0.1) is 17.8 Å². The third kappa shape index (κ3) is 3.29. The van der Waals surface area contributed by atoms with Crippen LogP contribution in [0.2, 0.25) is 0 Å². The van der Waals surface area contributed by atoms with Crippen LogP contribution in [0.25, 0.3) is 22.3 Å². The lowest BCUT2D eigenvalue weighted by Gasteiger charge is -2.10. The van der Waals surface area contributed by atoms with Crippen molar-refractivity contribution >= 4 is 33.2 Å². The van der Waals surface area contributed by atoms with Gasteiger partial charge in [-0.05, 0) is 12.1 Å². The largest absolute Gasteiger partial charge is 0.365 e. The zero-order valence-corrected chi connectivity index (χ0v) is 14.5. The molecule has 6 heteroatoms. The summed E-state index contributed by atoms with van der Waals surface area (Å²) in [6, 6.07) is 18.1. The van der Waals surface area contributed by atoms with Crippen LogP contribution in [0, 0.1) is 0 Å². The van der Waals surface area contributed by atoms with E-state index in [9.17, 15) is 0 Å². The SMILES string of the molecule is CNc1nc(CNc2nc(-c3ccccc3)nc3ccccc23)cs1. The van der Waals surface area contributed by atoms with E-state index in [-0.39, 0.29) is 0 Å². The topological polar surface area (TPSA) is 62.7 Å². The molecule has 0 bridgehead atoms. The molecule has 0 aliphatic heterocycles. The van der Waals surface area contributed by atoms with Crippen LogP contribution in [-0.4, -0.2) is 22.0 Å². The minimum absolute atomic E-state index is 0.618. The van der Waals surface area contributed by atoms with Crippen molar-refractivity contribution in [2.75, 3.05) is 17.7 Å². The van der Waals surface area contributed by atoms with Gasteiger partial charge in [0.15, 0.2) is 11.0 Å². The van der Waals surface area contributed by atoms with Gasteiger partial charge in [0.25, 0.3) is 0 Å². The van der Waals surface area contributed by atoms with Gasteiger partial charge in [-0.3, -0.25) is 0 Å². The summed E-state index contributed by atoms with van der Waals surface area (Å²) in [5.41, 5.74) is 2.91. The van der Waals surface area contributed by atoms with Crippen LogP contribution in [0.4, 0.5) is 10.9 Å². The molecule has 0 spiro atoms. The summed E-state index contributed by atoms with van der Waals surface area (Å²) in [5.74, 6) is 1.54. The molecule has 0 unspecified atom stereocenters.